The molecule has 0 heterocycles. The zero-order valence-corrected chi connectivity index (χ0v) is 13.1. The predicted molar refractivity (Wildman–Crippen MR) is 80.7 cm³/mol. The van der Waals surface area contributed by atoms with E-state index in [1.165, 1.54) is 28.4 Å². The van der Waals surface area contributed by atoms with Gasteiger partial charge < -0.3 is 5.73 Å². The molecule has 0 aromatic heterocycles. The molecule has 2 N–H and O–H groups in total. The van der Waals surface area contributed by atoms with Crippen LogP contribution in [0, 0.1) is 5.41 Å². The largest absolute Gasteiger partial charge is 0.330 e. The van der Waals surface area contributed by atoms with E-state index in [0.717, 1.165) is 13.1 Å². The van der Waals surface area contributed by atoms with Gasteiger partial charge in [-0.3, -0.25) is 4.90 Å². The fourth-order valence-electron chi connectivity index (χ4n) is 2.86. The monoisotopic (exact) mass is 310 g/mol. The molecule has 2 nitrogen and oxygen atoms in total. The van der Waals surface area contributed by atoms with Crippen molar-refractivity contribution in [2.24, 2.45) is 11.1 Å². The summed E-state index contributed by atoms with van der Waals surface area (Å²) in [5, 5.41) is 0. The second-order valence-corrected chi connectivity index (χ2v) is 7.10. The van der Waals surface area contributed by atoms with Gasteiger partial charge in [0.05, 0.1) is 0 Å². The summed E-state index contributed by atoms with van der Waals surface area (Å²) in [5.41, 5.74) is 9.01. The molecule has 0 spiro atoms. The van der Waals surface area contributed by atoms with E-state index in [-0.39, 0.29) is 5.41 Å². The van der Waals surface area contributed by atoms with Crippen LogP contribution < -0.4 is 5.73 Å². The third kappa shape index (κ3) is 2.95. The number of halogens is 1. The maximum atomic E-state index is 5.84. The summed E-state index contributed by atoms with van der Waals surface area (Å²) in [4.78, 5) is 2.46. The van der Waals surface area contributed by atoms with Gasteiger partial charge in [0.2, 0.25) is 0 Å². The van der Waals surface area contributed by atoms with Crippen molar-refractivity contribution in [1.82, 2.24) is 4.90 Å². The van der Waals surface area contributed by atoms with Crippen molar-refractivity contribution in [1.29, 1.82) is 0 Å². The van der Waals surface area contributed by atoms with Gasteiger partial charge >= 0.3 is 0 Å². The summed E-state index contributed by atoms with van der Waals surface area (Å²) in [5.74, 6) is 0. The minimum atomic E-state index is 0.184. The molecular weight excluding hydrogens is 288 g/mol. The molecule has 1 unspecified atom stereocenters. The number of hydrogen-bond donors (Lipinski definition) is 1. The highest BCUT2D eigenvalue weighted by molar-refractivity contribution is 9.10. The Balaban J connectivity index is 2.15. The van der Waals surface area contributed by atoms with Crippen LogP contribution in [0.15, 0.2) is 22.7 Å². The van der Waals surface area contributed by atoms with Crippen LogP contribution in [0.5, 0.6) is 0 Å². The average Bonchev–Trinajstić information content (AvgIpc) is 2.71. The molecule has 3 heteroatoms. The molecule has 0 bridgehead atoms. The van der Waals surface area contributed by atoms with Gasteiger partial charge in [-0.25, -0.2) is 0 Å². The SMILES string of the molecule is CN(CC(C)(C)CN)C1CCc2ccc(Br)cc21. The lowest BCUT2D eigenvalue weighted by Crippen LogP contribution is -2.38. The van der Waals surface area contributed by atoms with E-state index in [2.05, 4.69) is 59.9 Å². The van der Waals surface area contributed by atoms with Crippen molar-refractivity contribution in [3.63, 3.8) is 0 Å². The summed E-state index contributed by atoms with van der Waals surface area (Å²) in [6.07, 6.45) is 2.42. The van der Waals surface area contributed by atoms with Crippen LogP contribution >= 0.6 is 15.9 Å². The second-order valence-electron chi connectivity index (χ2n) is 6.18. The third-order valence-corrected chi connectivity index (χ3v) is 4.41. The molecule has 1 aromatic rings. The van der Waals surface area contributed by atoms with Crippen LogP contribution in [0.25, 0.3) is 0 Å². The Morgan fingerprint density at radius 3 is 2.83 bits per heavy atom. The lowest BCUT2D eigenvalue weighted by molar-refractivity contribution is 0.164. The Morgan fingerprint density at radius 2 is 2.17 bits per heavy atom. The molecule has 1 aliphatic rings. The first kappa shape index (κ1) is 14.0. The summed E-state index contributed by atoms with van der Waals surface area (Å²) in [6.45, 7) is 6.25. The van der Waals surface area contributed by atoms with E-state index in [4.69, 9.17) is 5.73 Å². The Kier molecular flexibility index (Phi) is 4.15. The van der Waals surface area contributed by atoms with Crippen LogP contribution in [-0.2, 0) is 6.42 Å². The van der Waals surface area contributed by atoms with Crippen molar-refractivity contribution >= 4 is 15.9 Å². The molecule has 2 rings (SSSR count). The van der Waals surface area contributed by atoms with Crippen LogP contribution in [-0.4, -0.2) is 25.0 Å². The number of benzene rings is 1. The highest BCUT2D eigenvalue weighted by Crippen LogP contribution is 2.37. The van der Waals surface area contributed by atoms with Crippen molar-refractivity contribution in [2.75, 3.05) is 20.1 Å². The van der Waals surface area contributed by atoms with Crippen LogP contribution in [0.4, 0.5) is 0 Å². The molecule has 1 aliphatic carbocycles. The minimum absolute atomic E-state index is 0.184. The molecule has 0 amide bonds. The molecule has 1 aromatic carbocycles. The fraction of sp³-hybridized carbons (Fsp3) is 0.600. The van der Waals surface area contributed by atoms with Crippen LogP contribution in [0.2, 0.25) is 0 Å². The van der Waals surface area contributed by atoms with E-state index >= 15 is 0 Å². The van der Waals surface area contributed by atoms with E-state index in [1.54, 1.807) is 0 Å². The number of aryl methyl sites for hydroxylation is 1. The van der Waals surface area contributed by atoms with E-state index in [9.17, 15) is 0 Å². The van der Waals surface area contributed by atoms with Gasteiger partial charge in [-0.1, -0.05) is 35.8 Å². The first-order valence-corrected chi connectivity index (χ1v) is 7.41. The zero-order valence-electron chi connectivity index (χ0n) is 11.5. The van der Waals surface area contributed by atoms with Gasteiger partial charge in [0, 0.05) is 17.1 Å². The molecule has 0 radical (unpaired) electrons. The van der Waals surface area contributed by atoms with Crippen LogP contribution in [0.3, 0.4) is 0 Å². The van der Waals surface area contributed by atoms with Crippen molar-refractivity contribution in [3.8, 4) is 0 Å². The van der Waals surface area contributed by atoms with Gasteiger partial charge in [-0.15, -0.1) is 0 Å². The average molecular weight is 311 g/mol. The Hall–Kier alpha value is -0.380. The number of nitrogens with two attached hydrogens (primary N) is 1. The lowest BCUT2D eigenvalue weighted by atomic mass is 9.92. The Bertz CT molecular complexity index is 429. The molecule has 18 heavy (non-hydrogen) atoms. The summed E-state index contributed by atoms with van der Waals surface area (Å²) >= 11 is 3.58. The number of nitrogens with zero attached hydrogens (tertiary/aromatic N) is 1. The topological polar surface area (TPSA) is 29.3 Å². The smallest absolute Gasteiger partial charge is 0.0351 e. The highest BCUT2D eigenvalue weighted by atomic mass is 79.9. The molecule has 100 valence electrons. The quantitative estimate of drug-likeness (QED) is 0.924. The van der Waals surface area contributed by atoms with E-state index < -0.39 is 0 Å². The summed E-state index contributed by atoms with van der Waals surface area (Å²) in [7, 11) is 2.22. The van der Waals surface area contributed by atoms with Gasteiger partial charge in [0.1, 0.15) is 0 Å². The van der Waals surface area contributed by atoms with E-state index in [0.29, 0.717) is 6.04 Å². The maximum Gasteiger partial charge on any atom is 0.0351 e. The Morgan fingerprint density at radius 1 is 1.44 bits per heavy atom. The zero-order chi connectivity index (χ0) is 13.3. The number of rotatable bonds is 4. The van der Waals surface area contributed by atoms with Gasteiger partial charge in [0.25, 0.3) is 0 Å². The lowest BCUT2D eigenvalue weighted by Gasteiger charge is -2.33. The van der Waals surface area contributed by atoms with Crippen molar-refractivity contribution in [3.05, 3.63) is 33.8 Å². The van der Waals surface area contributed by atoms with Gasteiger partial charge in [-0.2, -0.15) is 0 Å². The minimum Gasteiger partial charge on any atom is -0.330 e. The molecule has 0 fully saturated rings. The summed E-state index contributed by atoms with van der Waals surface area (Å²) in [6, 6.07) is 7.22. The standard InChI is InChI=1S/C15H23BrN2/c1-15(2,9-17)10-18(3)14-7-5-11-4-6-12(16)8-13(11)14/h4,6,8,14H,5,7,9-10,17H2,1-3H3. The molecular formula is C15H23BrN2. The van der Waals surface area contributed by atoms with Gasteiger partial charge in [0.15, 0.2) is 0 Å². The van der Waals surface area contributed by atoms with E-state index in [1.807, 2.05) is 0 Å². The number of fused-ring (bicyclic) bond motifs is 1. The second kappa shape index (κ2) is 5.32. The van der Waals surface area contributed by atoms with Gasteiger partial charge in [-0.05, 0) is 55.1 Å². The maximum absolute atomic E-state index is 5.84. The normalized spacial score (nSPS) is 19.3. The first-order chi connectivity index (χ1) is 8.43. The molecule has 1 atom stereocenters. The van der Waals surface area contributed by atoms with Crippen molar-refractivity contribution in [2.45, 2.75) is 32.7 Å². The molecule has 0 aliphatic heterocycles. The molecule has 0 saturated carbocycles. The van der Waals surface area contributed by atoms with Crippen molar-refractivity contribution < 1.29 is 0 Å². The third-order valence-electron chi connectivity index (χ3n) is 3.92. The summed E-state index contributed by atoms with van der Waals surface area (Å²) < 4.78 is 1.18. The highest BCUT2D eigenvalue weighted by Gasteiger charge is 2.29. The first-order valence-electron chi connectivity index (χ1n) is 6.61. The number of hydrogen-bond acceptors (Lipinski definition) is 2. The predicted octanol–water partition coefficient (Wildman–Crippen LogP) is 3.35. The molecule has 0 saturated heterocycles. The fourth-order valence-corrected chi connectivity index (χ4v) is 3.24. The Labute approximate surface area is 119 Å². The van der Waals surface area contributed by atoms with Crippen LogP contribution in [0.1, 0.15) is 37.4 Å².